The lowest BCUT2D eigenvalue weighted by Crippen LogP contribution is -2.54. The smallest absolute Gasteiger partial charge is 0.267 e. The van der Waals surface area contributed by atoms with Crippen LogP contribution in [0.2, 0.25) is 0 Å². The Balaban J connectivity index is 1.82. The van der Waals surface area contributed by atoms with Crippen LogP contribution < -0.4 is 5.73 Å². The van der Waals surface area contributed by atoms with Gasteiger partial charge in [-0.1, -0.05) is 0 Å². The number of rotatable bonds is 5. The van der Waals surface area contributed by atoms with Crippen molar-refractivity contribution >= 4 is 10.1 Å². The Hall–Kier alpha value is -0.200. The molecule has 3 unspecified atom stereocenters. The van der Waals surface area contributed by atoms with E-state index in [1.54, 1.807) is 0 Å². The van der Waals surface area contributed by atoms with Crippen molar-refractivity contribution in [2.75, 3.05) is 6.54 Å². The summed E-state index contributed by atoms with van der Waals surface area (Å²) >= 11 is 0. The van der Waals surface area contributed by atoms with Gasteiger partial charge in [0, 0.05) is 0 Å². The number of hydrogen-bond donors (Lipinski definition) is 2. The SMILES string of the molecule is NCCC(CC12CC3CC(CC(F)(C3)C1)C2)S(=O)(=O)O. The standard InChI is InChI=1S/C14H24FNO3S/c15-14-6-10-3-11(7-14)5-13(4-10,9-14)8-12(1-2-16)20(17,18)19/h10-12H,1-9,16H2,(H,17,18,19). The first kappa shape index (κ1) is 14.7. The molecule has 0 saturated heterocycles. The van der Waals surface area contributed by atoms with E-state index in [2.05, 4.69) is 0 Å². The lowest BCUT2D eigenvalue weighted by molar-refractivity contribution is -0.126. The molecule has 0 aliphatic heterocycles. The van der Waals surface area contributed by atoms with Crippen molar-refractivity contribution in [3.63, 3.8) is 0 Å². The van der Waals surface area contributed by atoms with Crippen LogP contribution in [0.4, 0.5) is 4.39 Å². The second-order valence-corrected chi connectivity index (χ2v) is 9.23. The van der Waals surface area contributed by atoms with E-state index in [0.29, 0.717) is 37.5 Å². The molecule has 0 aromatic rings. The minimum atomic E-state index is -4.09. The van der Waals surface area contributed by atoms with E-state index in [4.69, 9.17) is 5.73 Å². The van der Waals surface area contributed by atoms with Gasteiger partial charge in [-0.25, -0.2) is 4.39 Å². The van der Waals surface area contributed by atoms with Crippen LogP contribution in [0.3, 0.4) is 0 Å². The zero-order chi connectivity index (χ0) is 14.6. The van der Waals surface area contributed by atoms with Crippen molar-refractivity contribution in [3.8, 4) is 0 Å². The Kier molecular flexibility index (Phi) is 3.42. The molecule has 0 aromatic carbocycles. The molecule has 4 bridgehead atoms. The summed E-state index contributed by atoms with van der Waals surface area (Å²) in [5, 5.41) is -0.827. The summed E-state index contributed by atoms with van der Waals surface area (Å²) in [7, 11) is -4.09. The van der Waals surface area contributed by atoms with E-state index < -0.39 is 21.0 Å². The molecule has 4 saturated carbocycles. The van der Waals surface area contributed by atoms with Gasteiger partial charge in [-0.2, -0.15) is 8.42 Å². The fourth-order valence-corrected chi connectivity index (χ4v) is 6.60. The summed E-state index contributed by atoms with van der Waals surface area (Å²) in [6.07, 6.45) is 5.36. The molecule has 4 fully saturated rings. The number of halogens is 1. The van der Waals surface area contributed by atoms with Crippen LogP contribution in [0.15, 0.2) is 0 Å². The highest BCUT2D eigenvalue weighted by molar-refractivity contribution is 7.86. The maximum absolute atomic E-state index is 14.8. The van der Waals surface area contributed by atoms with Gasteiger partial charge in [-0.05, 0) is 75.2 Å². The normalized spacial score (nSPS) is 44.8. The van der Waals surface area contributed by atoms with Gasteiger partial charge in [0.15, 0.2) is 0 Å². The Morgan fingerprint density at radius 3 is 2.30 bits per heavy atom. The van der Waals surface area contributed by atoms with Gasteiger partial charge < -0.3 is 5.73 Å². The van der Waals surface area contributed by atoms with Crippen LogP contribution in [-0.4, -0.2) is 30.4 Å². The van der Waals surface area contributed by atoms with Crippen molar-refractivity contribution < 1.29 is 17.4 Å². The van der Waals surface area contributed by atoms with Crippen molar-refractivity contribution in [2.24, 2.45) is 23.0 Å². The molecular weight excluding hydrogens is 281 g/mol. The molecule has 20 heavy (non-hydrogen) atoms. The highest BCUT2D eigenvalue weighted by Crippen LogP contribution is 2.64. The maximum atomic E-state index is 14.8. The van der Waals surface area contributed by atoms with Gasteiger partial charge in [0.1, 0.15) is 5.67 Å². The Morgan fingerprint density at radius 2 is 1.85 bits per heavy atom. The van der Waals surface area contributed by atoms with Crippen molar-refractivity contribution in [2.45, 2.75) is 62.3 Å². The Bertz CT molecular complexity index is 479. The lowest BCUT2D eigenvalue weighted by atomic mass is 9.47. The Morgan fingerprint density at radius 1 is 1.25 bits per heavy atom. The van der Waals surface area contributed by atoms with Crippen LogP contribution in [0.1, 0.15) is 51.4 Å². The number of alkyl halides is 1. The molecule has 4 aliphatic carbocycles. The summed E-state index contributed by atoms with van der Waals surface area (Å²) in [6.45, 7) is 0.230. The summed E-state index contributed by atoms with van der Waals surface area (Å²) in [6, 6.07) is 0. The molecule has 3 N–H and O–H groups in total. The van der Waals surface area contributed by atoms with E-state index in [-0.39, 0.29) is 18.4 Å². The van der Waals surface area contributed by atoms with E-state index in [1.165, 1.54) is 0 Å². The molecule has 0 radical (unpaired) electrons. The minimum Gasteiger partial charge on any atom is -0.330 e. The highest BCUT2D eigenvalue weighted by Gasteiger charge is 2.58. The summed E-state index contributed by atoms with van der Waals surface area (Å²) in [4.78, 5) is 0. The molecule has 0 aromatic heterocycles. The van der Waals surface area contributed by atoms with Crippen LogP contribution in [0.5, 0.6) is 0 Å². The van der Waals surface area contributed by atoms with Crippen molar-refractivity contribution in [3.05, 3.63) is 0 Å². The first-order valence-corrected chi connectivity index (χ1v) is 9.09. The van der Waals surface area contributed by atoms with E-state index in [0.717, 1.165) is 19.3 Å². The monoisotopic (exact) mass is 305 g/mol. The van der Waals surface area contributed by atoms with E-state index in [1.807, 2.05) is 0 Å². The van der Waals surface area contributed by atoms with Gasteiger partial charge in [-0.15, -0.1) is 0 Å². The fourth-order valence-electron chi connectivity index (χ4n) is 5.60. The molecule has 116 valence electrons. The quantitative estimate of drug-likeness (QED) is 0.764. The summed E-state index contributed by atoms with van der Waals surface area (Å²) in [5.74, 6) is 0.808. The molecule has 6 heteroatoms. The molecule has 3 atom stereocenters. The molecule has 0 amide bonds. The second kappa shape index (κ2) is 4.65. The molecule has 4 aliphatic rings. The molecule has 4 rings (SSSR count). The first-order chi connectivity index (χ1) is 9.24. The van der Waals surface area contributed by atoms with Crippen LogP contribution in [0.25, 0.3) is 0 Å². The molecule has 0 spiro atoms. The average Bonchev–Trinajstić information content (AvgIpc) is 2.23. The summed E-state index contributed by atoms with van der Waals surface area (Å²) in [5.41, 5.74) is 4.16. The number of nitrogens with two attached hydrogens (primary N) is 1. The third-order valence-corrected chi connectivity index (χ3v) is 6.93. The lowest BCUT2D eigenvalue weighted by Gasteiger charge is -2.59. The third kappa shape index (κ3) is 2.62. The zero-order valence-electron chi connectivity index (χ0n) is 11.7. The van der Waals surface area contributed by atoms with Gasteiger partial charge in [0.05, 0.1) is 5.25 Å². The van der Waals surface area contributed by atoms with E-state index in [9.17, 15) is 17.4 Å². The largest absolute Gasteiger partial charge is 0.330 e. The summed E-state index contributed by atoms with van der Waals surface area (Å²) < 4.78 is 47.3. The van der Waals surface area contributed by atoms with E-state index >= 15 is 0 Å². The fraction of sp³-hybridized carbons (Fsp3) is 1.00. The van der Waals surface area contributed by atoms with Gasteiger partial charge in [-0.3, -0.25) is 4.55 Å². The van der Waals surface area contributed by atoms with Gasteiger partial charge >= 0.3 is 0 Å². The number of hydrogen-bond acceptors (Lipinski definition) is 3. The highest BCUT2D eigenvalue weighted by atomic mass is 32.2. The minimum absolute atomic E-state index is 0.228. The molecular formula is C14H24FNO3S. The average molecular weight is 305 g/mol. The van der Waals surface area contributed by atoms with Crippen LogP contribution in [-0.2, 0) is 10.1 Å². The zero-order valence-corrected chi connectivity index (χ0v) is 12.5. The maximum Gasteiger partial charge on any atom is 0.267 e. The first-order valence-electron chi connectivity index (χ1n) is 7.59. The second-order valence-electron chi connectivity index (χ2n) is 7.53. The predicted octanol–water partition coefficient (Wildman–Crippen LogP) is 2.29. The van der Waals surface area contributed by atoms with Crippen LogP contribution >= 0.6 is 0 Å². The molecule has 4 nitrogen and oxygen atoms in total. The van der Waals surface area contributed by atoms with Gasteiger partial charge in [0.25, 0.3) is 10.1 Å². The topological polar surface area (TPSA) is 80.4 Å². The van der Waals surface area contributed by atoms with Crippen molar-refractivity contribution in [1.29, 1.82) is 0 Å². The third-order valence-electron chi connectivity index (χ3n) is 5.68. The van der Waals surface area contributed by atoms with Crippen LogP contribution in [0, 0.1) is 17.3 Å². The van der Waals surface area contributed by atoms with Crippen molar-refractivity contribution in [1.82, 2.24) is 0 Å². The predicted molar refractivity (Wildman–Crippen MR) is 74.6 cm³/mol. The van der Waals surface area contributed by atoms with Gasteiger partial charge in [0.2, 0.25) is 0 Å². The molecule has 0 heterocycles. The Labute approximate surface area is 120 Å².